The van der Waals surface area contributed by atoms with Crippen molar-refractivity contribution in [1.82, 2.24) is 5.43 Å². The van der Waals surface area contributed by atoms with Crippen molar-refractivity contribution in [1.29, 1.82) is 0 Å². The first-order chi connectivity index (χ1) is 17.9. The molecule has 1 N–H and O–H groups in total. The van der Waals surface area contributed by atoms with Crippen molar-refractivity contribution in [2.24, 2.45) is 5.10 Å². The summed E-state index contributed by atoms with van der Waals surface area (Å²) < 4.78 is 33.4. The third kappa shape index (κ3) is 7.05. The second-order valence-electron chi connectivity index (χ2n) is 8.30. The van der Waals surface area contributed by atoms with E-state index in [4.69, 9.17) is 4.74 Å². The Labute approximate surface area is 217 Å². The molecule has 0 saturated carbocycles. The Hall–Kier alpha value is -4.43. The summed E-state index contributed by atoms with van der Waals surface area (Å²) in [4.78, 5) is 12.7. The summed E-state index contributed by atoms with van der Waals surface area (Å²) >= 11 is 0. The number of hydrazone groups is 1. The Morgan fingerprint density at radius 2 is 1.49 bits per heavy atom. The van der Waals surface area contributed by atoms with E-state index in [1.165, 1.54) is 23.9 Å². The van der Waals surface area contributed by atoms with Gasteiger partial charge in [-0.15, -0.1) is 0 Å². The van der Waals surface area contributed by atoms with Gasteiger partial charge in [0.15, 0.2) is 0 Å². The second-order valence-corrected chi connectivity index (χ2v) is 10.2. The number of carbonyl (C=O) groups is 1. The monoisotopic (exact) mass is 513 g/mol. The summed E-state index contributed by atoms with van der Waals surface area (Å²) in [7, 11) is -3.95. The highest BCUT2D eigenvalue weighted by molar-refractivity contribution is 7.92. The molecule has 0 fully saturated rings. The number of ether oxygens (including phenoxy) is 1. The van der Waals surface area contributed by atoms with Crippen molar-refractivity contribution in [2.45, 2.75) is 18.4 Å². The highest BCUT2D eigenvalue weighted by Gasteiger charge is 2.26. The van der Waals surface area contributed by atoms with E-state index in [1.807, 2.05) is 55.5 Å². The minimum absolute atomic E-state index is 0.0971. The number of aryl methyl sites for hydroxylation is 1. The molecule has 0 heterocycles. The minimum Gasteiger partial charge on any atom is -0.489 e. The summed E-state index contributed by atoms with van der Waals surface area (Å²) in [5.41, 5.74) is 5.83. The maximum Gasteiger partial charge on any atom is 0.264 e. The van der Waals surface area contributed by atoms with E-state index in [0.717, 1.165) is 15.4 Å². The number of anilines is 1. The van der Waals surface area contributed by atoms with Gasteiger partial charge in [-0.05, 0) is 66.6 Å². The van der Waals surface area contributed by atoms with Crippen LogP contribution in [-0.4, -0.2) is 27.1 Å². The average molecular weight is 514 g/mol. The maximum atomic E-state index is 13.2. The fourth-order valence-corrected chi connectivity index (χ4v) is 4.92. The summed E-state index contributed by atoms with van der Waals surface area (Å²) in [5, 5.41) is 3.99. The van der Waals surface area contributed by atoms with Crippen LogP contribution in [0.1, 0.15) is 16.7 Å². The van der Waals surface area contributed by atoms with Crippen molar-refractivity contribution >= 4 is 27.8 Å². The SMILES string of the molecule is Cc1ccc(COc2ccc(/C=N\NC(=O)CN(c3ccccc3)S(=O)(=O)c3ccccc3)cc2)cc1. The first-order valence-corrected chi connectivity index (χ1v) is 13.1. The predicted octanol–water partition coefficient (Wildman–Crippen LogP) is 4.92. The standard InChI is InChI=1S/C29H27N3O4S/c1-23-12-14-25(15-13-23)22-36-27-18-16-24(17-19-27)20-30-31-29(33)21-32(26-8-4-2-5-9-26)37(34,35)28-10-6-3-7-11-28/h2-20H,21-22H2,1H3,(H,31,33)/b30-20-. The topological polar surface area (TPSA) is 88.1 Å². The number of amides is 1. The number of carbonyl (C=O) groups excluding carboxylic acids is 1. The third-order valence-electron chi connectivity index (χ3n) is 5.47. The lowest BCUT2D eigenvalue weighted by Crippen LogP contribution is -2.39. The van der Waals surface area contributed by atoms with Gasteiger partial charge >= 0.3 is 0 Å². The number of para-hydroxylation sites is 1. The van der Waals surface area contributed by atoms with Gasteiger partial charge in [-0.25, -0.2) is 13.8 Å². The molecule has 0 aliphatic rings. The van der Waals surface area contributed by atoms with Gasteiger partial charge in [0.25, 0.3) is 15.9 Å². The van der Waals surface area contributed by atoms with Crippen LogP contribution < -0.4 is 14.5 Å². The molecule has 7 nitrogen and oxygen atoms in total. The number of rotatable bonds is 10. The van der Waals surface area contributed by atoms with E-state index >= 15 is 0 Å². The summed E-state index contributed by atoms with van der Waals surface area (Å²) in [5.74, 6) is 0.143. The van der Waals surface area contributed by atoms with Crippen LogP contribution in [0.3, 0.4) is 0 Å². The number of nitrogens with zero attached hydrogens (tertiary/aromatic N) is 2. The van der Waals surface area contributed by atoms with Gasteiger partial charge in [-0.2, -0.15) is 5.10 Å². The van der Waals surface area contributed by atoms with Crippen molar-refractivity contribution in [2.75, 3.05) is 10.8 Å². The van der Waals surface area contributed by atoms with Crippen LogP contribution in [0.5, 0.6) is 5.75 Å². The molecule has 4 rings (SSSR count). The average Bonchev–Trinajstić information content (AvgIpc) is 2.93. The number of nitrogens with one attached hydrogen (secondary N) is 1. The smallest absolute Gasteiger partial charge is 0.264 e. The summed E-state index contributed by atoms with van der Waals surface area (Å²) in [6.07, 6.45) is 1.49. The molecule has 0 aliphatic heterocycles. The Morgan fingerprint density at radius 1 is 0.865 bits per heavy atom. The van der Waals surface area contributed by atoms with Crippen molar-refractivity contribution in [3.05, 3.63) is 126 Å². The van der Waals surface area contributed by atoms with Crippen LogP contribution in [0.15, 0.2) is 119 Å². The molecular formula is C29H27N3O4S. The van der Waals surface area contributed by atoms with Gasteiger partial charge in [-0.3, -0.25) is 9.10 Å². The van der Waals surface area contributed by atoms with E-state index in [2.05, 4.69) is 10.5 Å². The Bertz CT molecular complexity index is 1440. The van der Waals surface area contributed by atoms with Crippen LogP contribution >= 0.6 is 0 Å². The predicted molar refractivity (Wildman–Crippen MR) is 145 cm³/mol. The molecule has 8 heteroatoms. The summed E-state index contributed by atoms with van der Waals surface area (Å²) in [6, 6.07) is 31.9. The molecule has 0 radical (unpaired) electrons. The number of hydrogen-bond donors (Lipinski definition) is 1. The molecule has 0 unspecified atom stereocenters. The van der Waals surface area contributed by atoms with Crippen molar-refractivity contribution in [3.8, 4) is 5.75 Å². The Kier molecular flexibility index (Phi) is 8.33. The van der Waals surface area contributed by atoms with Crippen LogP contribution in [0, 0.1) is 6.92 Å². The summed E-state index contributed by atoms with van der Waals surface area (Å²) in [6.45, 7) is 2.08. The Morgan fingerprint density at radius 3 is 2.14 bits per heavy atom. The molecule has 1 amide bonds. The van der Waals surface area contributed by atoms with Gasteiger partial charge in [0.2, 0.25) is 0 Å². The maximum absolute atomic E-state index is 13.2. The van der Waals surface area contributed by atoms with Crippen LogP contribution in [0.25, 0.3) is 0 Å². The molecule has 0 spiro atoms. The fourth-order valence-electron chi connectivity index (χ4n) is 3.47. The van der Waals surface area contributed by atoms with Crippen molar-refractivity contribution < 1.29 is 17.9 Å². The molecule has 188 valence electrons. The molecule has 0 aliphatic carbocycles. The quantitative estimate of drug-likeness (QED) is 0.241. The fraction of sp³-hybridized carbons (Fsp3) is 0.103. The van der Waals surface area contributed by atoms with Gasteiger partial charge < -0.3 is 4.74 Å². The van der Waals surface area contributed by atoms with Crippen LogP contribution in [0.4, 0.5) is 5.69 Å². The number of hydrogen-bond acceptors (Lipinski definition) is 5. The lowest BCUT2D eigenvalue weighted by atomic mass is 10.2. The van der Waals surface area contributed by atoms with Crippen molar-refractivity contribution in [3.63, 3.8) is 0 Å². The number of sulfonamides is 1. The third-order valence-corrected chi connectivity index (χ3v) is 7.26. The van der Waals surface area contributed by atoms with E-state index < -0.39 is 22.5 Å². The zero-order valence-corrected chi connectivity index (χ0v) is 21.1. The van der Waals surface area contributed by atoms with E-state index in [9.17, 15) is 13.2 Å². The molecule has 37 heavy (non-hydrogen) atoms. The molecule has 0 saturated heterocycles. The van der Waals surface area contributed by atoms with Crippen LogP contribution in [-0.2, 0) is 21.4 Å². The largest absolute Gasteiger partial charge is 0.489 e. The molecule has 0 bridgehead atoms. The molecule has 4 aromatic carbocycles. The van der Waals surface area contributed by atoms with E-state index in [0.29, 0.717) is 18.0 Å². The first-order valence-electron chi connectivity index (χ1n) is 11.6. The lowest BCUT2D eigenvalue weighted by molar-refractivity contribution is -0.119. The highest BCUT2D eigenvalue weighted by atomic mass is 32.2. The highest BCUT2D eigenvalue weighted by Crippen LogP contribution is 2.23. The minimum atomic E-state index is -3.95. The van der Waals surface area contributed by atoms with Gasteiger partial charge in [0.1, 0.15) is 18.9 Å². The van der Waals surface area contributed by atoms with Gasteiger partial charge in [0, 0.05) is 0 Å². The van der Waals surface area contributed by atoms with E-state index in [-0.39, 0.29) is 4.90 Å². The van der Waals surface area contributed by atoms with Gasteiger partial charge in [-0.1, -0.05) is 66.2 Å². The molecule has 4 aromatic rings. The first kappa shape index (κ1) is 25.7. The second kappa shape index (κ2) is 12.0. The zero-order valence-electron chi connectivity index (χ0n) is 20.3. The molecule has 0 aromatic heterocycles. The van der Waals surface area contributed by atoms with E-state index in [1.54, 1.807) is 48.5 Å². The lowest BCUT2D eigenvalue weighted by Gasteiger charge is -2.23. The van der Waals surface area contributed by atoms with Gasteiger partial charge in [0.05, 0.1) is 16.8 Å². The Balaban J connectivity index is 1.37. The number of benzene rings is 4. The zero-order chi connectivity index (χ0) is 26.1. The normalized spacial score (nSPS) is 11.3. The molecular weight excluding hydrogens is 486 g/mol. The van der Waals surface area contributed by atoms with Crippen LogP contribution in [0.2, 0.25) is 0 Å². The molecule has 0 atom stereocenters.